The van der Waals surface area contributed by atoms with Crippen LogP contribution in [0.25, 0.3) is 0 Å². The van der Waals surface area contributed by atoms with Crippen molar-refractivity contribution < 1.29 is 87.2 Å². The van der Waals surface area contributed by atoms with Crippen molar-refractivity contribution in [2.75, 3.05) is 26.2 Å². The van der Waals surface area contributed by atoms with Gasteiger partial charge in [-0.1, -0.05) is 152 Å². The molecule has 0 radical (unpaired) electrons. The van der Waals surface area contributed by atoms with Gasteiger partial charge in [-0.05, 0) is 125 Å². The number of hydrogen-bond donors (Lipinski definition) is 14. The highest BCUT2D eigenvalue weighted by molar-refractivity contribution is 6.00. The predicted octanol–water partition coefficient (Wildman–Crippen LogP) is 4.76. The maximum atomic E-state index is 14.9. The Morgan fingerprint density at radius 2 is 0.862 bits per heavy atom. The zero-order valence-corrected chi connectivity index (χ0v) is 68.2. The number of aliphatic carboxylic acids is 2. The number of primary amides is 1. The number of nitrogens with one attached hydrogen (secondary N) is 6. The standard InChI is InChI=1S/C86H126N12O18/c1-8-11-35-77(107)93-67(43-57-28-17-13-18-29-57)73(103)47-61(42-56-26-15-12-16-27-56)82(112)95-66(34-25-40-92-86(90)91)70(100)45-59(32-21-23-38-87)80(110)97-69(52-99)74(104)51-64(54(6)9-2)84(114)98-79(55(7)10-3)75(105)48-62(50-76(89)106)83(113)96-68(44-58-30-19-14-20-31-58)72(102)46-60(36-37-78(108)109)81(111)94-65(33-22-24-39-88)71(101)49-63(85(115)116)41-53(4)5/h1,12-20,26-31,53-55,59-69,79,99H,9-11,21-25,32-52,87-88H2,2-7H3,(H2,89,106)(H,93,107)(H,94,111)(H,95,112)(H,96,113)(H,97,110)(H,98,114)(H,108,109)(H,115,116)(H4,90,91,92)/t54-,55-,59+,60+,61+,62-,63+,64?,65-,66-,67-,68-,69-,79-/m0/s1. The Morgan fingerprint density at radius 3 is 1.33 bits per heavy atom. The van der Waals surface area contributed by atoms with Crippen molar-refractivity contribution >= 4 is 93.9 Å². The van der Waals surface area contributed by atoms with Crippen molar-refractivity contribution in [2.24, 2.45) is 86.9 Å². The average Bonchev–Trinajstić information content (AvgIpc) is 0.833. The first-order chi connectivity index (χ1) is 55.2. The number of hydrogen-bond acceptors (Lipinski definition) is 19. The van der Waals surface area contributed by atoms with Crippen LogP contribution >= 0.6 is 0 Å². The second-order valence-electron chi connectivity index (χ2n) is 30.8. The lowest BCUT2D eigenvalue weighted by Gasteiger charge is -2.30. The molecule has 0 saturated heterocycles. The Balaban J connectivity index is 1.98. The van der Waals surface area contributed by atoms with E-state index in [0.717, 1.165) is 5.56 Å². The molecule has 0 aromatic heterocycles. The highest BCUT2D eigenvalue weighted by Gasteiger charge is 2.40. The van der Waals surface area contributed by atoms with Gasteiger partial charge in [0, 0.05) is 94.4 Å². The minimum absolute atomic E-state index is 0.0375. The van der Waals surface area contributed by atoms with E-state index in [9.17, 15) is 87.2 Å². The number of unbranched alkanes of at least 4 members (excludes halogenated alkanes) is 2. The molecule has 7 amide bonds. The van der Waals surface area contributed by atoms with Crippen LogP contribution in [0, 0.1) is 65.6 Å². The summed E-state index contributed by atoms with van der Waals surface area (Å²) in [6, 6.07) is 18.1. The monoisotopic (exact) mass is 1610 g/mol. The largest absolute Gasteiger partial charge is 0.481 e. The Morgan fingerprint density at radius 1 is 0.440 bits per heavy atom. The fourth-order valence-electron chi connectivity index (χ4n) is 13.8. The summed E-state index contributed by atoms with van der Waals surface area (Å²) in [5.74, 6) is -18.8. The van der Waals surface area contributed by atoms with Crippen LogP contribution < -0.4 is 60.6 Å². The summed E-state index contributed by atoms with van der Waals surface area (Å²) in [5, 5.41) is 47.0. The number of amides is 7. The summed E-state index contributed by atoms with van der Waals surface area (Å²) < 4.78 is 0. The van der Waals surface area contributed by atoms with Crippen molar-refractivity contribution in [1.82, 2.24) is 31.9 Å². The van der Waals surface area contributed by atoms with Crippen LogP contribution in [0.4, 0.5) is 0 Å². The van der Waals surface area contributed by atoms with E-state index in [1.165, 1.54) is 0 Å². The minimum atomic E-state index is -1.64. The van der Waals surface area contributed by atoms with Gasteiger partial charge in [-0.3, -0.25) is 76.9 Å². The smallest absolute Gasteiger partial charge is 0.306 e. The maximum Gasteiger partial charge on any atom is 0.306 e. The lowest BCUT2D eigenvalue weighted by atomic mass is 9.83. The number of carbonyl (C=O) groups excluding carboxylic acids is 13. The van der Waals surface area contributed by atoms with Gasteiger partial charge in [0.15, 0.2) is 40.7 Å². The topological polar surface area (TPSA) is 531 Å². The van der Waals surface area contributed by atoms with Crippen LogP contribution in [-0.2, 0) is 91.2 Å². The van der Waals surface area contributed by atoms with E-state index >= 15 is 0 Å². The third-order valence-electron chi connectivity index (χ3n) is 20.9. The number of ketones is 6. The van der Waals surface area contributed by atoms with Gasteiger partial charge in [0.1, 0.15) is 6.04 Å². The number of guanidine groups is 1. The van der Waals surface area contributed by atoms with E-state index in [-0.39, 0.29) is 109 Å². The molecule has 0 saturated carbocycles. The molecule has 1 unspecified atom stereocenters. The third-order valence-corrected chi connectivity index (χ3v) is 20.9. The summed E-state index contributed by atoms with van der Waals surface area (Å²) in [4.78, 5) is 215. The molecule has 14 atom stereocenters. The molecule has 116 heavy (non-hydrogen) atoms. The van der Waals surface area contributed by atoms with Crippen LogP contribution in [0.2, 0.25) is 0 Å². The first-order valence-electron chi connectivity index (χ1n) is 40.5. The van der Waals surface area contributed by atoms with E-state index in [1.54, 1.807) is 133 Å². The molecule has 0 aliphatic carbocycles. The molecular weight excluding hydrogens is 1490 g/mol. The summed E-state index contributed by atoms with van der Waals surface area (Å²) in [6.07, 6.45) is 2.96. The molecule has 638 valence electrons. The predicted molar refractivity (Wildman–Crippen MR) is 438 cm³/mol. The van der Waals surface area contributed by atoms with Gasteiger partial charge in [-0.2, -0.15) is 0 Å². The Labute approximate surface area is 681 Å². The number of carboxylic acids is 2. The quantitative estimate of drug-likeness (QED) is 0.0157. The number of nitrogens with two attached hydrogens (primary N) is 5. The normalized spacial score (nSPS) is 14.8. The van der Waals surface area contributed by atoms with Gasteiger partial charge in [0.05, 0.1) is 48.7 Å². The van der Waals surface area contributed by atoms with E-state index in [1.807, 2.05) is 0 Å². The lowest BCUT2D eigenvalue weighted by Crippen LogP contribution is -2.52. The van der Waals surface area contributed by atoms with Gasteiger partial charge in [-0.25, -0.2) is 0 Å². The molecule has 3 rings (SSSR count). The number of terminal acetylenes is 1. The van der Waals surface area contributed by atoms with E-state index in [0.29, 0.717) is 43.2 Å². The number of aliphatic hydroxyl groups excluding tert-OH is 1. The van der Waals surface area contributed by atoms with Gasteiger partial charge in [0.25, 0.3) is 0 Å². The number of aliphatic hydroxyl groups is 1. The molecule has 0 aliphatic heterocycles. The lowest BCUT2D eigenvalue weighted by molar-refractivity contribution is -0.144. The molecule has 0 fully saturated rings. The molecular formula is C86H126N12O18. The van der Waals surface area contributed by atoms with E-state index < -0.39 is 230 Å². The van der Waals surface area contributed by atoms with Crippen molar-refractivity contribution in [3.05, 3.63) is 108 Å². The second kappa shape index (κ2) is 54.5. The zero-order chi connectivity index (χ0) is 86.4. The number of carbonyl (C=O) groups is 15. The number of rotatable bonds is 62. The van der Waals surface area contributed by atoms with Gasteiger partial charge < -0.3 is 75.9 Å². The fraction of sp³-hybridized carbons (Fsp3) is 0.581. The second-order valence-corrected chi connectivity index (χ2v) is 30.8. The molecule has 0 heterocycles. The molecule has 19 N–H and O–H groups in total. The van der Waals surface area contributed by atoms with Gasteiger partial charge in [0.2, 0.25) is 41.4 Å². The average molecular weight is 1620 g/mol. The summed E-state index contributed by atoms with van der Waals surface area (Å²) >= 11 is 0. The first-order valence-corrected chi connectivity index (χ1v) is 40.5. The van der Waals surface area contributed by atoms with Crippen LogP contribution in [0.1, 0.15) is 199 Å². The first kappa shape index (κ1) is 99.8. The molecule has 3 aromatic carbocycles. The van der Waals surface area contributed by atoms with Crippen LogP contribution in [0.5, 0.6) is 0 Å². The SMILES string of the molecule is C#CCCC(=O)N[C@@H](Cc1ccccc1)C(=O)C[C@@H](Cc1ccccc1)C(=O)N[C@@H](CCCN=C(N)N)C(=O)C[C@@H](CCCCN)C(=O)N[C@@H](CO)C(=O)CC(C(=O)N[C@H](C(=O)C[C@@H](CC(N)=O)C(=O)N[C@@H](Cc1ccccc1)C(=O)C[C@@H](CCC(=O)O)C(=O)N[C@@H](CCCCN)C(=O)C[C@@H](CC(C)C)C(=O)O)[C@@H](C)CC)[C@@H](C)CC. The Kier molecular flexibility index (Phi) is 46.9. The minimum Gasteiger partial charge on any atom is -0.481 e. The summed E-state index contributed by atoms with van der Waals surface area (Å²) in [7, 11) is 0. The van der Waals surface area contributed by atoms with Crippen molar-refractivity contribution in [3.63, 3.8) is 0 Å². The van der Waals surface area contributed by atoms with E-state index in [4.69, 9.17) is 35.1 Å². The molecule has 0 aliphatic rings. The fourth-order valence-corrected chi connectivity index (χ4v) is 13.8. The van der Waals surface area contributed by atoms with Crippen molar-refractivity contribution in [1.29, 1.82) is 0 Å². The zero-order valence-electron chi connectivity index (χ0n) is 68.2. The summed E-state index contributed by atoms with van der Waals surface area (Å²) in [6.45, 7) is 9.96. The van der Waals surface area contributed by atoms with Gasteiger partial charge in [-0.15, -0.1) is 12.3 Å². The number of Topliss-reactive ketones (excluding diaryl/α,β-unsaturated/α-hetero) is 6. The Bertz CT molecular complexity index is 3760. The number of benzene rings is 3. The molecule has 30 heteroatoms. The van der Waals surface area contributed by atoms with E-state index in [2.05, 4.69) is 42.8 Å². The molecule has 3 aromatic rings. The van der Waals surface area contributed by atoms with Crippen LogP contribution in [0.15, 0.2) is 96.0 Å². The summed E-state index contributed by atoms with van der Waals surface area (Å²) in [5.41, 5.74) is 30.6. The van der Waals surface area contributed by atoms with Crippen LogP contribution in [-0.4, -0.2) is 172 Å². The number of nitrogens with zero attached hydrogens (tertiary/aromatic N) is 1. The number of carboxylic acid groups (broad SMARTS) is 2. The molecule has 30 nitrogen and oxygen atoms in total. The molecule has 0 spiro atoms. The third kappa shape index (κ3) is 37.9. The van der Waals surface area contributed by atoms with Crippen molar-refractivity contribution in [3.8, 4) is 12.3 Å². The van der Waals surface area contributed by atoms with Crippen molar-refractivity contribution in [2.45, 2.75) is 238 Å². The highest BCUT2D eigenvalue weighted by atomic mass is 16.4. The Hall–Kier alpha value is -10.4. The molecule has 0 bridgehead atoms. The number of aliphatic imine (C=N–C) groups is 1. The highest BCUT2D eigenvalue weighted by Crippen LogP contribution is 2.27. The van der Waals surface area contributed by atoms with Crippen LogP contribution in [0.3, 0.4) is 0 Å². The van der Waals surface area contributed by atoms with Gasteiger partial charge >= 0.3 is 11.9 Å². The maximum absolute atomic E-state index is 14.9.